The second kappa shape index (κ2) is 7.27. The van der Waals surface area contributed by atoms with E-state index in [1.54, 1.807) is 12.3 Å². The monoisotopic (exact) mass is 426 g/mol. The number of hydrogen-bond donors (Lipinski definition) is 1. The van der Waals surface area contributed by atoms with Gasteiger partial charge in [0.2, 0.25) is 0 Å². The van der Waals surface area contributed by atoms with E-state index in [-0.39, 0.29) is 0 Å². The van der Waals surface area contributed by atoms with E-state index in [0.29, 0.717) is 22.8 Å². The van der Waals surface area contributed by atoms with E-state index in [0.717, 1.165) is 27.8 Å². The number of oxime groups is 1. The van der Waals surface area contributed by atoms with E-state index in [2.05, 4.69) is 5.16 Å². The molecule has 0 fully saturated rings. The Labute approximate surface area is 186 Å². The van der Waals surface area contributed by atoms with Gasteiger partial charge in [-0.1, -0.05) is 59.8 Å². The van der Waals surface area contributed by atoms with Gasteiger partial charge in [-0.2, -0.15) is 0 Å². The number of hydrogen-bond acceptors (Lipinski definition) is 5. The normalized spacial score (nSPS) is 15.4. The molecule has 1 aliphatic carbocycles. The summed E-state index contributed by atoms with van der Waals surface area (Å²) in [6.45, 7) is 5.50. The first-order valence-electron chi connectivity index (χ1n) is 10.3. The zero-order valence-electron chi connectivity index (χ0n) is 18.0. The van der Waals surface area contributed by atoms with Gasteiger partial charge in [0.25, 0.3) is 0 Å². The lowest BCUT2D eigenvalue weighted by atomic mass is 9.96. The highest BCUT2D eigenvalue weighted by Crippen LogP contribution is 2.45. The molecule has 0 unspecified atom stereocenters. The number of anilines is 1. The molecule has 3 aromatic rings. The van der Waals surface area contributed by atoms with Crippen LogP contribution in [-0.4, -0.2) is 22.6 Å². The van der Waals surface area contributed by atoms with Gasteiger partial charge in [0.15, 0.2) is 5.75 Å². The average molecular weight is 426 g/mol. The molecule has 160 valence electrons. The number of nitrogens with zero attached hydrogens (tertiary/aromatic N) is 2. The van der Waals surface area contributed by atoms with Gasteiger partial charge in [0, 0.05) is 22.3 Å². The predicted molar refractivity (Wildman–Crippen MR) is 123 cm³/mol. The molecule has 1 aliphatic heterocycles. The van der Waals surface area contributed by atoms with E-state index in [9.17, 15) is 10.0 Å². The van der Waals surface area contributed by atoms with Crippen molar-refractivity contribution in [1.29, 1.82) is 0 Å². The summed E-state index contributed by atoms with van der Waals surface area (Å²) in [6.07, 6.45) is 1.07. The van der Waals surface area contributed by atoms with Crippen LogP contribution < -0.4 is 9.64 Å². The van der Waals surface area contributed by atoms with Gasteiger partial charge in [0.05, 0.1) is 11.4 Å². The minimum atomic E-state index is -0.669. The summed E-state index contributed by atoms with van der Waals surface area (Å²) in [5.41, 5.74) is 5.16. The fourth-order valence-electron chi connectivity index (χ4n) is 4.15. The molecule has 6 nitrogen and oxygen atoms in total. The molecule has 0 aromatic heterocycles. The van der Waals surface area contributed by atoms with E-state index in [1.807, 2.05) is 81.4 Å². The van der Waals surface area contributed by atoms with Crippen molar-refractivity contribution >= 4 is 23.2 Å². The van der Waals surface area contributed by atoms with Crippen LogP contribution in [0, 0.1) is 0 Å². The van der Waals surface area contributed by atoms with Crippen LogP contribution in [0.5, 0.6) is 5.75 Å². The van der Waals surface area contributed by atoms with Crippen molar-refractivity contribution in [2.75, 3.05) is 4.90 Å². The van der Waals surface area contributed by atoms with Crippen molar-refractivity contribution < 1.29 is 19.5 Å². The third kappa shape index (κ3) is 3.12. The maximum Gasteiger partial charge on any atom is 0.419 e. The predicted octanol–water partition coefficient (Wildman–Crippen LogP) is 6.03. The topological polar surface area (TPSA) is 71.4 Å². The molecule has 0 spiro atoms. The molecule has 3 aromatic carbocycles. The van der Waals surface area contributed by atoms with Gasteiger partial charge in [-0.25, -0.2) is 9.69 Å². The van der Waals surface area contributed by atoms with Crippen LogP contribution in [0.1, 0.15) is 37.5 Å². The van der Waals surface area contributed by atoms with Crippen molar-refractivity contribution in [3.05, 3.63) is 89.7 Å². The highest BCUT2D eigenvalue weighted by atomic mass is 16.6. The number of ether oxygens (including phenoxy) is 2. The summed E-state index contributed by atoms with van der Waals surface area (Å²) < 4.78 is 11.7. The lowest BCUT2D eigenvalue weighted by molar-refractivity contribution is 0.0598. The highest BCUT2D eigenvalue weighted by Gasteiger charge is 2.35. The third-order valence-corrected chi connectivity index (χ3v) is 5.37. The highest BCUT2D eigenvalue weighted by molar-refractivity contribution is 6.26. The lowest BCUT2D eigenvalue weighted by Gasteiger charge is -2.32. The molecule has 1 amide bonds. The molecule has 6 heteroatoms. The Morgan fingerprint density at radius 2 is 1.56 bits per heavy atom. The molecule has 32 heavy (non-hydrogen) atoms. The summed E-state index contributed by atoms with van der Waals surface area (Å²) in [5, 5.41) is 13.3. The number of carbonyl (C=O) groups excluding carboxylic acids is 1. The second-order valence-electron chi connectivity index (χ2n) is 8.63. The number of benzene rings is 3. The number of carbonyl (C=O) groups is 1. The molecule has 1 heterocycles. The van der Waals surface area contributed by atoms with Crippen molar-refractivity contribution in [2.24, 2.45) is 5.16 Å². The minimum absolute atomic E-state index is 0.499. The molecule has 5 rings (SSSR count). The van der Waals surface area contributed by atoms with Crippen LogP contribution in [0.15, 0.2) is 78.1 Å². The van der Waals surface area contributed by atoms with Crippen LogP contribution in [0.25, 0.3) is 16.8 Å². The van der Waals surface area contributed by atoms with Crippen molar-refractivity contribution in [2.45, 2.75) is 26.4 Å². The zero-order valence-corrected chi connectivity index (χ0v) is 18.0. The largest absolute Gasteiger partial charge is 0.461 e. The van der Waals surface area contributed by atoms with Crippen LogP contribution in [0.3, 0.4) is 0 Å². The molecule has 0 atom stereocenters. The Kier molecular flexibility index (Phi) is 4.51. The Balaban J connectivity index is 1.72. The molecule has 0 radical (unpaired) electrons. The molecule has 1 N–H and O–H groups in total. The van der Waals surface area contributed by atoms with Crippen LogP contribution in [0.2, 0.25) is 0 Å². The summed E-state index contributed by atoms with van der Waals surface area (Å²) in [4.78, 5) is 14.9. The maximum absolute atomic E-state index is 13.4. The van der Waals surface area contributed by atoms with Gasteiger partial charge in [-0.15, -0.1) is 0 Å². The average Bonchev–Trinajstić information content (AvgIpc) is 3.11. The first kappa shape index (κ1) is 19.9. The number of rotatable bonds is 1. The van der Waals surface area contributed by atoms with E-state index in [1.165, 1.54) is 4.90 Å². The number of fused-ring (bicyclic) bond motifs is 4. The Bertz CT molecular complexity index is 1300. The summed E-state index contributed by atoms with van der Waals surface area (Å²) in [6, 6.07) is 20.8. The first-order chi connectivity index (χ1) is 15.4. The molecular weight excluding hydrogens is 404 g/mol. The van der Waals surface area contributed by atoms with Crippen molar-refractivity contribution in [1.82, 2.24) is 0 Å². The van der Waals surface area contributed by atoms with Gasteiger partial charge in [-0.3, -0.25) is 0 Å². The molecular formula is C26H22N2O4. The molecule has 0 saturated heterocycles. The fraction of sp³-hybridized carbons (Fsp3) is 0.154. The smallest absolute Gasteiger partial charge is 0.419 e. The SMILES string of the molecule is CC(C)(C)OC(=O)N1C(c2cccc3c2-c2ccccc2/C3=N\O)=COc2ccccc21. The molecule has 0 bridgehead atoms. The van der Waals surface area contributed by atoms with Crippen LogP contribution in [-0.2, 0) is 4.74 Å². The summed E-state index contributed by atoms with van der Waals surface area (Å²) >= 11 is 0. The third-order valence-electron chi connectivity index (χ3n) is 5.37. The van der Waals surface area contributed by atoms with Gasteiger partial charge >= 0.3 is 6.09 Å². The van der Waals surface area contributed by atoms with Gasteiger partial charge in [-0.05, 0) is 38.5 Å². The lowest BCUT2D eigenvalue weighted by Crippen LogP contribution is -2.37. The van der Waals surface area contributed by atoms with Crippen molar-refractivity contribution in [3.63, 3.8) is 0 Å². The van der Waals surface area contributed by atoms with Crippen molar-refractivity contribution in [3.8, 4) is 16.9 Å². The van der Waals surface area contributed by atoms with Crippen LogP contribution in [0.4, 0.5) is 10.5 Å². The Morgan fingerprint density at radius 1 is 0.906 bits per heavy atom. The number of para-hydroxylation sites is 2. The number of amides is 1. The summed E-state index contributed by atoms with van der Waals surface area (Å²) in [7, 11) is 0. The zero-order chi connectivity index (χ0) is 22.5. The fourth-order valence-corrected chi connectivity index (χ4v) is 4.15. The van der Waals surface area contributed by atoms with E-state index >= 15 is 0 Å². The molecule has 0 saturated carbocycles. The maximum atomic E-state index is 13.4. The Morgan fingerprint density at radius 3 is 2.31 bits per heavy atom. The molecule has 2 aliphatic rings. The quantitative estimate of drug-likeness (QED) is 0.298. The van der Waals surface area contributed by atoms with Gasteiger partial charge in [0.1, 0.15) is 17.6 Å². The minimum Gasteiger partial charge on any atom is -0.461 e. The van der Waals surface area contributed by atoms with E-state index in [4.69, 9.17) is 9.47 Å². The summed E-state index contributed by atoms with van der Waals surface area (Å²) in [5.74, 6) is 0.563. The Hall–Kier alpha value is -4.06. The second-order valence-corrected chi connectivity index (χ2v) is 8.63. The first-order valence-corrected chi connectivity index (χ1v) is 10.3. The van der Waals surface area contributed by atoms with Crippen LogP contribution >= 0.6 is 0 Å². The van der Waals surface area contributed by atoms with E-state index < -0.39 is 11.7 Å². The van der Waals surface area contributed by atoms with Gasteiger partial charge < -0.3 is 14.7 Å². The standard InChI is InChI=1S/C26H22N2O4/c1-26(2,3)32-25(29)28-20-13-6-7-14-22(20)31-15-21(28)18-11-8-12-19-23(18)16-9-4-5-10-17(16)24(19)27-30/h4-15,30H,1-3H3/b27-24+.